The summed E-state index contributed by atoms with van der Waals surface area (Å²) in [6.07, 6.45) is 8.01. The van der Waals surface area contributed by atoms with Crippen LogP contribution in [0.25, 0.3) is 27.4 Å². The summed E-state index contributed by atoms with van der Waals surface area (Å²) in [5, 5.41) is 9.85. The van der Waals surface area contributed by atoms with Gasteiger partial charge in [0.1, 0.15) is 5.01 Å². The van der Waals surface area contributed by atoms with E-state index in [0.717, 1.165) is 26.7 Å². The van der Waals surface area contributed by atoms with Crippen LogP contribution in [-0.2, 0) is 4.79 Å². The van der Waals surface area contributed by atoms with Gasteiger partial charge in [0.25, 0.3) is 0 Å². The molecule has 23 heavy (non-hydrogen) atoms. The number of pyridine rings is 2. The summed E-state index contributed by atoms with van der Waals surface area (Å²) in [6, 6.07) is 7.50. The first kappa shape index (κ1) is 15.1. The fourth-order valence-electron chi connectivity index (χ4n) is 2.16. The van der Waals surface area contributed by atoms with Gasteiger partial charge in [-0.05, 0) is 36.8 Å². The molecule has 3 aromatic rings. The normalized spacial score (nSPS) is 11.4. The number of allylic oxidation sites excluding steroid dienone is 1. The van der Waals surface area contributed by atoms with Crippen molar-refractivity contribution in [2.45, 2.75) is 6.92 Å². The molecule has 0 fully saturated rings. The van der Waals surface area contributed by atoms with Gasteiger partial charge in [0.15, 0.2) is 0 Å². The van der Waals surface area contributed by atoms with E-state index < -0.39 is 5.97 Å². The third-order valence-electron chi connectivity index (χ3n) is 3.21. The van der Waals surface area contributed by atoms with Gasteiger partial charge in [-0.1, -0.05) is 0 Å². The zero-order chi connectivity index (χ0) is 16.2. The Kier molecular flexibility index (Phi) is 4.25. The topological polar surface area (TPSA) is 76.0 Å². The number of aliphatic carboxylic acids is 1. The van der Waals surface area contributed by atoms with E-state index in [2.05, 4.69) is 9.97 Å². The Hall–Kier alpha value is -2.86. The molecule has 0 amide bonds. The first-order chi connectivity index (χ1) is 11.1. The molecule has 0 aliphatic carbocycles. The Balaban J connectivity index is 2.17. The summed E-state index contributed by atoms with van der Waals surface area (Å²) in [6.45, 7) is 1.78. The molecule has 0 aliphatic rings. The van der Waals surface area contributed by atoms with Crippen molar-refractivity contribution in [2.75, 3.05) is 0 Å². The Morgan fingerprint density at radius 3 is 2.17 bits per heavy atom. The average molecular weight is 323 g/mol. The SMILES string of the molecule is C/C(=C\C(=O)O)c1sc(-c2ccncc2)nc1-c1ccncc1. The summed E-state index contributed by atoms with van der Waals surface area (Å²) in [5.74, 6) is -0.970. The van der Waals surface area contributed by atoms with E-state index >= 15 is 0 Å². The van der Waals surface area contributed by atoms with Crippen LogP contribution in [0.3, 0.4) is 0 Å². The molecule has 0 radical (unpaired) electrons. The van der Waals surface area contributed by atoms with E-state index in [1.54, 1.807) is 31.7 Å². The Bertz CT molecular complexity index is 858. The molecule has 114 valence electrons. The third kappa shape index (κ3) is 3.32. The van der Waals surface area contributed by atoms with Crippen molar-refractivity contribution in [3.05, 3.63) is 60.0 Å². The molecule has 1 N–H and O–H groups in total. The predicted molar refractivity (Wildman–Crippen MR) is 89.9 cm³/mol. The highest BCUT2D eigenvalue weighted by atomic mass is 32.1. The predicted octanol–water partition coefficient (Wildman–Crippen LogP) is 3.76. The minimum absolute atomic E-state index is 0.669. The molecule has 3 aromatic heterocycles. The van der Waals surface area contributed by atoms with Crippen molar-refractivity contribution >= 4 is 22.9 Å². The van der Waals surface area contributed by atoms with Crippen molar-refractivity contribution in [2.24, 2.45) is 0 Å². The Morgan fingerprint density at radius 2 is 1.61 bits per heavy atom. The van der Waals surface area contributed by atoms with Gasteiger partial charge in [-0.25, -0.2) is 9.78 Å². The molecule has 0 aromatic carbocycles. The third-order valence-corrected chi connectivity index (χ3v) is 4.45. The van der Waals surface area contributed by atoms with Crippen LogP contribution in [0, 0.1) is 0 Å². The Labute approximate surface area is 137 Å². The van der Waals surface area contributed by atoms with Crippen molar-refractivity contribution in [1.82, 2.24) is 15.0 Å². The Morgan fingerprint density at radius 1 is 1.04 bits per heavy atom. The quantitative estimate of drug-likeness (QED) is 0.740. The molecule has 0 saturated carbocycles. The van der Waals surface area contributed by atoms with Crippen LogP contribution in [0.2, 0.25) is 0 Å². The van der Waals surface area contributed by atoms with Crippen LogP contribution in [0.4, 0.5) is 0 Å². The van der Waals surface area contributed by atoms with Crippen LogP contribution in [0.15, 0.2) is 55.1 Å². The standard InChI is InChI=1S/C17H13N3O2S/c1-11(10-14(21)22)16-15(12-2-6-18-7-3-12)20-17(23-16)13-4-8-19-9-5-13/h2-10H,1H3,(H,21,22)/b11-10+. The van der Waals surface area contributed by atoms with Gasteiger partial charge in [-0.15, -0.1) is 11.3 Å². The highest BCUT2D eigenvalue weighted by Gasteiger charge is 2.16. The van der Waals surface area contributed by atoms with E-state index in [9.17, 15) is 4.79 Å². The first-order valence-electron chi connectivity index (χ1n) is 6.88. The molecule has 5 nitrogen and oxygen atoms in total. The highest BCUT2D eigenvalue weighted by Crippen LogP contribution is 2.37. The van der Waals surface area contributed by atoms with Crippen LogP contribution in [-0.4, -0.2) is 26.0 Å². The lowest BCUT2D eigenvalue weighted by Crippen LogP contribution is -1.90. The molecule has 0 atom stereocenters. The van der Waals surface area contributed by atoms with Crippen LogP contribution in [0.1, 0.15) is 11.8 Å². The fourth-order valence-corrected chi connectivity index (χ4v) is 3.23. The second-order valence-electron chi connectivity index (χ2n) is 4.83. The van der Waals surface area contributed by atoms with Gasteiger partial charge in [-0.2, -0.15) is 0 Å². The summed E-state index contributed by atoms with van der Waals surface area (Å²) >= 11 is 1.47. The average Bonchev–Trinajstić information content (AvgIpc) is 3.01. The second-order valence-corrected chi connectivity index (χ2v) is 5.83. The van der Waals surface area contributed by atoms with Crippen LogP contribution in [0.5, 0.6) is 0 Å². The van der Waals surface area contributed by atoms with Crippen molar-refractivity contribution in [3.8, 4) is 21.8 Å². The lowest BCUT2D eigenvalue weighted by atomic mass is 10.1. The monoisotopic (exact) mass is 323 g/mol. The van der Waals surface area contributed by atoms with Gasteiger partial charge >= 0.3 is 5.97 Å². The van der Waals surface area contributed by atoms with Gasteiger partial charge < -0.3 is 5.11 Å². The molecule has 0 saturated heterocycles. The molecule has 0 spiro atoms. The summed E-state index contributed by atoms with van der Waals surface area (Å²) in [7, 11) is 0. The summed E-state index contributed by atoms with van der Waals surface area (Å²) in [5.41, 5.74) is 3.29. The molecular formula is C17H13N3O2S. The number of carbonyl (C=O) groups is 1. The number of carboxylic acid groups (broad SMARTS) is 1. The summed E-state index contributed by atoms with van der Waals surface area (Å²) in [4.78, 5) is 24.6. The smallest absolute Gasteiger partial charge is 0.328 e. The number of nitrogens with zero attached hydrogens (tertiary/aromatic N) is 3. The van der Waals surface area contributed by atoms with E-state index in [1.807, 2.05) is 24.3 Å². The van der Waals surface area contributed by atoms with E-state index in [-0.39, 0.29) is 0 Å². The van der Waals surface area contributed by atoms with Gasteiger partial charge in [0.2, 0.25) is 0 Å². The van der Waals surface area contributed by atoms with Crippen molar-refractivity contribution in [1.29, 1.82) is 0 Å². The molecule has 0 aliphatic heterocycles. The van der Waals surface area contributed by atoms with E-state index in [0.29, 0.717) is 5.57 Å². The van der Waals surface area contributed by atoms with Gasteiger partial charge in [0.05, 0.1) is 10.6 Å². The number of rotatable bonds is 4. The first-order valence-corrected chi connectivity index (χ1v) is 7.70. The molecule has 0 bridgehead atoms. The lowest BCUT2D eigenvalue weighted by Gasteiger charge is -2.01. The highest BCUT2D eigenvalue weighted by molar-refractivity contribution is 7.16. The largest absolute Gasteiger partial charge is 0.478 e. The molecule has 3 heterocycles. The van der Waals surface area contributed by atoms with Gasteiger partial charge in [-0.3, -0.25) is 9.97 Å². The number of thiazole rings is 1. The maximum absolute atomic E-state index is 11.0. The minimum atomic E-state index is -0.970. The van der Waals surface area contributed by atoms with Crippen molar-refractivity contribution in [3.63, 3.8) is 0 Å². The number of carboxylic acids is 1. The molecule has 6 heteroatoms. The number of hydrogen-bond donors (Lipinski definition) is 1. The number of hydrogen-bond acceptors (Lipinski definition) is 5. The lowest BCUT2D eigenvalue weighted by molar-refractivity contribution is -0.131. The molecule has 0 unspecified atom stereocenters. The van der Waals surface area contributed by atoms with Crippen LogP contribution < -0.4 is 0 Å². The van der Waals surface area contributed by atoms with E-state index in [4.69, 9.17) is 10.1 Å². The summed E-state index contributed by atoms with van der Waals surface area (Å²) < 4.78 is 0. The number of aromatic nitrogens is 3. The molecule has 3 rings (SSSR count). The fraction of sp³-hybridized carbons (Fsp3) is 0.0588. The van der Waals surface area contributed by atoms with Crippen molar-refractivity contribution < 1.29 is 9.90 Å². The second kappa shape index (κ2) is 6.50. The maximum atomic E-state index is 11.0. The molecular weight excluding hydrogens is 310 g/mol. The van der Waals surface area contributed by atoms with E-state index in [1.165, 1.54) is 17.4 Å². The zero-order valence-electron chi connectivity index (χ0n) is 12.3. The maximum Gasteiger partial charge on any atom is 0.328 e. The van der Waals surface area contributed by atoms with Crippen LogP contribution >= 0.6 is 11.3 Å². The zero-order valence-corrected chi connectivity index (χ0v) is 13.1. The minimum Gasteiger partial charge on any atom is -0.478 e. The van der Waals surface area contributed by atoms with Gasteiger partial charge in [0, 0.05) is 42.0 Å².